The van der Waals surface area contributed by atoms with E-state index in [1.807, 2.05) is 0 Å². The quantitative estimate of drug-likeness (QED) is 0.0338. The highest BCUT2D eigenvalue weighted by atomic mass is 16.5. The molecule has 0 aromatic heterocycles. The molecule has 0 aromatic carbocycles. The van der Waals surface area contributed by atoms with Gasteiger partial charge in [-0.1, -0.05) is 234 Å². The average Bonchev–Trinajstić information content (AvgIpc) is 3.40. The minimum absolute atomic E-state index is 0.00430. The topological polar surface area (TPSA) is 85.4 Å². The van der Waals surface area contributed by atoms with Crippen molar-refractivity contribution < 1.29 is 28.6 Å². The molecule has 0 saturated heterocycles. The molecule has 0 aliphatic carbocycles. The van der Waals surface area contributed by atoms with Crippen molar-refractivity contribution in [3.05, 3.63) is 0 Å². The van der Waals surface area contributed by atoms with E-state index in [4.69, 9.17) is 14.2 Å². The second-order valence-corrected chi connectivity index (χ2v) is 23.9. The summed E-state index contributed by atoms with van der Waals surface area (Å²) in [6.07, 6.45) is 53.6. The molecule has 0 aliphatic heterocycles. The molecular weight excluding hydrogens is 929 g/mol. The molecule has 0 aliphatic rings. The van der Waals surface area contributed by atoms with Crippen molar-refractivity contribution in [1.82, 2.24) is 9.80 Å². The molecule has 75 heavy (non-hydrogen) atoms. The van der Waals surface area contributed by atoms with Crippen LogP contribution in [0, 0.1) is 17.8 Å². The van der Waals surface area contributed by atoms with Crippen molar-refractivity contribution in [2.75, 3.05) is 53.6 Å². The molecule has 0 saturated carbocycles. The second-order valence-electron chi connectivity index (χ2n) is 23.9. The van der Waals surface area contributed by atoms with Gasteiger partial charge >= 0.3 is 17.9 Å². The smallest absolute Gasteiger partial charge is 0.308 e. The van der Waals surface area contributed by atoms with Gasteiger partial charge in [0.1, 0.15) is 0 Å². The van der Waals surface area contributed by atoms with E-state index in [1.165, 1.54) is 225 Å². The molecule has 0 fully saturated rings. The minimum atomic E-state index is 0.00430. The lowest BCUT2D eigenvalue weighted by atomic mass is 9.94. The van der Waals surface area contributed by atoms with Crippen molar-refractivity contribution in [2.45, 2.75) is 343 Å². The van der Waals surface area contributed by atoms with Gasteiger partial charge in [-0.15, -0.1) is 0 Å². The Morgan fingerprint density at radius 1 is 0.333 bits per heavy atom. The molecule has 0 N–H and O–H groups in total. The first-order chi connectivity index (χ1) is 36.6. The number of ether oxygens (including phenoxy) is 3. The van der Waals surface area contributed by atoms with E-state index in [-0.39, 0.29) is 23.8 Å². The summed E-state index contributed by atoms with van der Waals surface area (Å²) in [6, 6.07) is 0.618. The molecule has 0 aromatic rings. The summed E-state index contributed by atoms with van der Waals surface area (Å²) >= 11 is 0. The summed E-state index contributed by atoms with van der Waals surface area (Å²) in [6.45, 7) is 18.8. The van der Waals surface area contributed by atoms with Gasteiger partial charge < -0.3 is 24.0 Å². The number of hydrogen-bond donors (Lipinski definition) is 0. The predicted molar refractivity (Wildman–Crippen MR) is 324 cm³/mol. The van der Waals surface area contributed by atoms with Gasteiger partial charge in [0, 0.05) is 18.9 Å². The van der Waals surface area contributed by atoms with Crippen LogP contribution in [0.1, 0.15) is 337 Å². The number of nitrogens with zero attached hydrogens (tertiary/aromatic N) is 2. The Hall–Kier alpha value is -1.67. The Labute approximate surface area is 468 Å². The van der Waals surface area contributed by atoms with Crippen LogP contribution in [0.5, 0.6) is 0 Å². The van der Waals surface area contributed by atoms with Crippen molar-refractivity contribution in [3.63, 3.8) is 0 Å². The van der Waals surface area contributed by atoms with Gasteiger partial charge in [-0.3, -0.25) is 14.4 Å². The average molecular weight is 1060 g/mol. The Morgan fingerprint density at radius 3 is 1.11 bits per heavy atom. The first kappa shape index (κ1) is 73.3. The maximum absolute atomic E-state index is 13.2. The van der Waals surface area contributed by atoms with Crippen LogP contribution >= 0.6 is 0 Å². The van der Waals surface area contributed by atoms with Gasteiger partial charge in [0.15, 0.2) is 0 Å². The molecule has 8 nitrogen and oxygen atoms in total. The molecule has 2 unspecified atom stereocenters. The molecule has 0 rings (SSSR count). The number of unbranched alkanes of at least 4 members (excludes halogenated alkanes) is 26. The van der Waals surface area contributed by atoms with Crippen LogP contribution in [0.2, 0.25) is 0 Å². The number of carbonyl (C=O) groups excluding carboxylic acids is 3. The van der Waals surface area contributed by atoms with Crippen LogP contribution in [0.25, 0.3) is 0 Å². The summed E-state index contributed by atoms with van der Waals surface area (Å²) in [5.41, 5.74) is 0. The van der Waals surface area contributed by atoms with Crippen LogP contribution in [-0.2, 0) is 28.6 Å². The molecule has 0 heterocycles. The van der Waals surface area contributed by atoms with Gasteiger partial charge in [-0.05, 0) is 135 Å². The van der Waals surface area contributed by atoms with Crippen LogP contribution < -0.4 is 0 Å². The Kier molecular flexibility index (Phi) is 55.8. The highest BCUT2D eigenvalue weighted by molar-refractivity contribution is 5.72. The van der Waals surface area contributed by atoms with Gasteiger partial charge in [0.05, 0.1) is 25.7 Å². The third-order valence-corrected chi connectivity index (χ3v) is 16.2. The van der Waals surface area contributed by atoms with E-state index in [0.29, 0.717) is 50.5 Å². The van der Waals surface area contributed by atoms with Crippen LogP contribution in [0.15, 0.2) is 0 Å². The van der Waals surface area contributed by atoms with E-state index in [2.05, 4.69) is 65.4 Å². The molecule has 0 radical (unpaired) electrons. The second kappa shape index (κ2) is 57.0. The Morgan fingerprint density at radius 2 is 0.667 bits per heavy atom. The predicted octanol–water partition coefficient (Wildman–Crippen LogP) is 19.8. The first-order valence-electron chi connectivity index (χ1n) is 33.5. The van der Waals surface area contributed by atoms with Gasteiger partial charge in [-0.25, -0.2) is 0 Å². The molecule has 2 atom stereocenters. The highest BCUT2D eigenvalue weighted by Crippen LogP contribution is 2.24. The Bertz CT molecular complexity index is 1190. The fourth-order valence-corrected chi connectivity index (χ4v) is 11.0. The summed E-state index contributed by atoms with van der Waals surface area (Å²) in [4.78, 5) is 43.7. The van der Waals surface area contributed by atoms with Gasteiger partial charge in [0.25, 0.3) is 0 Å². The van der Waals surface area contributed by atoms with Gasteiger partial charge in [-0.2, -0.15) is 0 Å². The number of hydrogen-bond acceptors (Lipinski definition) is 8. The third kappa shape index (κ3) is 49.1. The zero-order valence-electron chi connectivity index (χ0n) is 51.9. The zero-order valence-corrected chi connectivity index (χ0v) is 51.9. The SMILES string of the molecule is CCCCCCC(CCCC)COC(=O)CCCCCCCCC(CCCCCCCCC(=O)OCC(CCCC)CCCC)N(CCCCCCOC(=O)C(CCCCCC)CCCCCC)CCCCN(C)C. The fourth-order valence-electron chi connectivity index (χ4n) is 11.0. The molecule has 8 heteroatoms. The fraction of sp³-hybridized carbons (Fsp3) is 0.955. The largest absolute Gasteiger partial charge is 0.465 e. The molecular formula is C67H132N2O6. The number of rotatable bonds is 60. The third-order valence-electron chi connectivity index (χ3n) is 16.2. The lowest BCUT2D eigenvalue weighted by Gasteiger charge is -2.32. The number of esters is 3. The van der Waals surface area contributed by atoms with E-state index in [0.717, 1.165) is 77.3 Å². The van der Waals surface area contributed by atoms with E-state index >= 15 is 0 Å². The van der Waals surface area contributed by atoms with Crippen molar-refractivity contribution >= 4 is 17.9 Å². The van der Waals surface area contributed by atoms with Gasteiger partial charge in [0.2, 0.25) is 0 Å². The standard InChI is InChI=1S/C67H132N2O6/c1-9-15-21-34-48-62(47-20-14-6)60-75-66(71)54-40-31-27-25-29-38-52-64(51-37-28-24-26-30-39-53-65(70)74-59-61(45-18-12-4)46-19-13-5)69(57-43-42-55-68(7)8)56-41-32-33-44-58-73-67(72)63(49-35-22-16-10-2)50-36-23-17-11-3/h61-64H,9-60H2,1-8H3. The maximum atomic E-state index is 13.2. The molecule has 446 valence electrons. The molecule has 0 spiro atoms. The summed E-state index contributed by atoms with van der Waals surface area (Å²) in [5, 5.41) is 0. The summed E-state index contributed by atoms with van der Waals surface area (Å²) in [5.74, 6) is 1.22. The van der Waals surface area contributed by atoms with E-state index < -0.39 is 0 Å². The monoisotopic (exact) mass is 1060 g/mol. The Balaban J connectivity index is 5.29. The van der Waals surface area contributed by atoms with Crippen LogP contribution in [0.4, 0.5) is 0 Å². The zero-order chi connectivity index (χ0) is 55.1. The van der Waals surface area contributed by atoms with E-state index in [9.17, 15) is 14.4 Å². The first-order valence-corrected chi connectivity index (χ1v) is 33.5. The number of carbonyl (C=O) groups is 3. The van der Waals surface area contributed by atoms with Crippen molar-refractivity contribution in [3.8, 4) is 0 Å². The van der Waals surface area contributed by atoms with Crippen LogP contribution in [-0.4, -0.2) is 87.3 Å². The van der Waals surface area contributed by atoms with Crippen LogP contribution in [0.3, 0.4) is 0 Å². The molecule has 0 amide bonds. The normalized spacial score (nSPS) is 12.6. The molecule has 0 bridgehead atoms. The summed E-state index contributed by atoms with van der Waals surface area (Å²) in [7, 11) is 4.38. The highest BCUT2D eigenvalue weighted by Gasteiger charge is 2.21. The lowest BCUT2D eigenvalue weighted by molar-refractivity contribution is -0.149. The van der Waals surface area contributed by atoms with E-state index in [1.54, 1.807) is 0 Å². The van der Waals surface area contributed by atoms with Crippen molar-refractivity contribution in [2.24, 2.45) is 17.8 Å². The summed E-state index contributed by atoms with van der Waals surface area (Å²) < 4.78 is 17.5. The van der Waals surface area contributed by atoms with Crippen molar-refractivity contribution in [1.29, 1.82) is 0 Å². The maximum Gasteiger partial charge on any atom is 0.308 e. The minimum Gasteiger partial charge on any atom is -0.465 e. The lowest BCUT2D eigenvalue weighted by Crippen LogP contribution is -2.37.